The standard InChI is InChI=1S/C20H20FN3O3/c1-3-23-17-7-6-15(11-18(17)27-20(23)26)22-19(25)24-9-8-13-4-5-14(21)10-16(13)12(24)2/h4-7,10-12H,3,8-9H2,1-2H3,(H,22,25). The highest BCUT2D eigenvalue weighted by atomic mass is 19.1. The van der Waals surface area contributed by atoms with Crippen LogP contribution in [0.5, 0.6) is 0 Å². The predicted octanol–water partition coefficient (Wildman–Crippen LogP) is 3.90. The zero-order valence-corrected chi connectivity index (χ0v) is 15.2. The number of aryl methyl sites for hydroxylation is 1. The molecule has 0 fully saturated rings. The van der Waals surface area contributed by atoms with Gasteiger partial charge in [-0.1, -0.05) is 6.07 Å². The zero-order chi connectivity index (χ0) is 19.1. The molecule has 0 spiro atoms. The first-order chi connectivity index (χ1) is 13.0. The number of carbonyl (C=O) groups excluding carboxylic acids is 1. The molecular formula is C20H20FN3O3. The number of hydrogen-bond donors (Lipinski definition) is 1. The first-order valence-electron chi connectivity index (χ1n) is 8.97. The molecule has 1 aliphatic rings. The Morgan fingerprint density at radius 3 is 2.89 bits per heavy atom. The summed E-state index contributed by atoms with van der Waals surface area (Å²) in [6, 6.07) is 9.36. The van der Waals surface area contributed by atoms with Crippen LogP contribution in [0.2, 0.25) is 0 Å². The number of amides is 2. The fourth-order valence-electron chi connectivity index (χ4n) is 3.70. The third kappa shape index (κ3) is 2.99. The van der Waals surface area contributed by atoms with Gasteiger partial charge in [-0.2, -0.15) is 0 Å². The maximum Gasteiger partial charge on any atom is 0.419 e. The van der Waals surface area contributed by atoms with E-state index >= 15 is 0 Å². The summed E-state index contributed by atoms with van der Waals surface area (Å²) in [7, 11) is 0. The molecule has 1 atom stereocenters. The number of nitrogens with zero attached hydrogens (tertiary/aromatic N) is 2. The lowest BCUT2D eigenvalue weighted by Crippen LogP contribution is -2.41. The highest BCUT2D eigenvalue weighted by Crippen LogP contribution is 2.30. The summed E-state index contributed by atoms with van der Waals surface area (Å²) in [6.07, 6.45) is 0.681. The Hall–Kier alpha value is -3.09. The Labute approximate surface area is 155 Å². The van der Waals surface area contributed by atoms with Crippen molar-refractivity contribution in [1.82, 2.24) is 9.47 Å². The number of aromatic nitrogens is 1. The molecule has 0 aliphatic carbocycles. The third-order valence-electron chi connectivity index (χ3n) is 5.14. The highest BCUT2D eigenvalue weighted by Gasteiger charge is 2.28. The number of urea groups is 1. The molecule has 27 heavy (non-hydrogen) atoms. The molecule has 140 valence electrons. The number of carbonyl (C=O) groups is 1. The second-order valence-corrected chi connectivity index (χ2v) is 6.69. The van der Waals surface area contributed by atoms with E-state index in [1.165, 1.54) is 16.7 Å². The van der Waals surface area contributed by atoms with E-state index in [4.69, 9.17) is 4.42 Å². The Kier molecular flexibility index (Phi) is 4.22. The fraction of sp³-hybridized carbons (Fsp3) is 0.300. The van der Waals surface area contributed by atoms with Crippen molar-refractivity contribution in [2.45, 2.75) is 32.9 Å². The van der Waals surface area contributed by atoms with Crippen molar-refractivity contribution in [1.29, 1.82) is 0 Å². The summed E-state index contributed by atoms with van der Waals surface area (Å²) in [5.74, 6) is -0.719. The molecule has 0 saturated carbocycles. The largest absolute Gasteiger partial charge is 0.419 e. The summed E-state index contributed by atoms with van der Waals surface area (Å²) in [4.78, 5) is 26.2. The van der Waals surface area contributed by atoms with Gasteiger partial charge >= 0.3 is 11.8 Å². The van der Waals surface area contributed by atoms with Gasteiger partial charge in [0.1, 0.15) is 5.82 Å². The number of oxazole rings is 1. The Morgan fingerprint density at radius 1 is 1.30 bits per heavy atom. The van der Waals surface area contributed by atoms with E-state index in [0.717, 1.165) is 11.1 Å². The molecule has 1 unspecified atom stereocenters. The van der Waals surface area contributed by atoms with Crippen LogP contribution in [0.3, 0.4) is 0 Å². The molecule has 2 amide bonds. The SMILES string of the molecule is CCn1c(=O)oc2cc(NC(=O)N3CCc4ccc(F)cc4C3C)ccc21. The molecule has 4 rings (SSSR count). The average Bonchev–Trinajstić information content (AvgIpc) is 2.96. The van der Waals surface area contributed by atoms with Gasteiger partial charge in [0.05, 0.1) is 11.6 Å². The minimum atomic E-state index is -0.417. The van der Waals surface area contributed by atoms with E-state index in [9.17, 15) is 14.0 Å². The van der Waals surface area contributed by atoms with Crippen molar-refractivity contribution < 1.29 is 13.6 Å². The quantitative estimate of drug-likeness (QED) is 0.745. The molecule has 6 nitrogen and oxygen atoms in total. The monoisotopic (exact) mass is 369 g/mol. The van der Waals surface area contributed by atoms with Gasteiger partial charge in [0.15, 0.2) is 5.58 Å². The number of fused-ring (bicyclic) bond motifs is 2. The highest BCUT2D eigenvalue weighted by molar-refractivity contribution is 5.92. The third-order valence-corrected chi connectivity index (χ3v) is 5.14. The van der Waals surface area contributed by atoms with Gasteiger partial charge in [0, 0.05) is 24.8 Å². The normalized spacial score (nSPS) is 16.4. The second-order valence-electron chi connectivity index (χ2n) is 6.69. The lowest BCUT2D eigenvalue weighted by molar-refractivity contribution is 0.188. The van der Waals surface area contributed by atoms with Gasteiger partial charge in [-0.25, -0.2) is 14.0 Å². The van der Waals surface area contributed by atoms with Gasteiger partial charge in [0.25, 0.3) is 0 Å². The minimum absolute atomic E-state index is 0.229. The van der Waals surface area contributed by atoms with E-state index in [1.807, 2.05) is 13.8 Å². The number of rotatable bonds is 2. The molecule has 7 heteroatoms. The molecule has 0 bridgehead atoms. The number of nitrogens with one attached hydrogen (secondary N) is 1. The van der Waals surface area contributed by atoms with Crippen LogP contribution in [0, 0.1) is 5.82 Å². The Morgan fingerprint density at radius 2 is 2.11 bits per heavy atom. The maximum absolute atomic E-state index is 13.6. The van der Waals surface area contributed by atoms with Gasteiger partial charge in [-0.05, 0) is 55.7 Å². The summed E-state index contributed by atoms with van der Waals surface area (Å²) in [6.45, 7) is 4.82. The van der Waals surface area contributed by atoms with Crippen LogP contribution < -0.4 is 11.1 Å². The molecular weight excluding hydrogens is 349 g/mol. The number of benzene rings is 2. The van der Waals surface area contributed by atoms with E-state index < -0.39 is 5.76 Å². The number of anilines is 1. The van der Waals surface area contributed by atoms with Crippen molar-refractivity contribution in [3.63, 3.8) is 0 Å². The van der Waals surface area contributed by atoms with E-state index in [1.54, 1.807) is 29.2 Å². The zero-order valence-electron chi connectivity index (χ0n) is 15.2. The molecule has 3 aromatic rings. The second kappa shape index (κ2) is 6.57. The predicted molar refractivity (Wildman–Crippen MR) is 100 cm³/mol. The van der Waals surface area contributed by atoms with Crippen LogP contribution in [-0.4, -0.2) is 22.0 Å². The van der Waals surface area contributed by atoms with Crippen LogP contribution >= 0.6 is 0 Å². The fourth-order valence-corrected chi connectivity index (χ4v) is 3.70. The summed E-state index contributed by atoms with van der Waals surface area (Å²) < 4.78 is 20.4. The smallest absolute Gasteiger partial charge is 0.408 e. The summed E-state index contributed by atoms with van der Waals surface area (Å²) in [5, 5.41) is 2.85. The van der Waals surface area contributed by atoms with Crippen molar-refractivity contribution in [2.75, 3.05) is 11.9 Å². The molecule has 1 N–H and O–H groups in total. The maximum atomic E-state index is 13.6. The first kappa shape index (κ1) is 17.3. The van der Waals surface area contributed by atoms with Crippen molar-refractivity contribution >= 4 is 22.8 Å². The van der Waals surface area contributed by atoms with Crippen LogP contribution in [0.25, 0.3) is 11.1 Å². The van der Waals surface area contributed by atoms with Crippen LogP contribution in [0.4, 0.5) is 14.9 Å². The Balaban J connectivity index is 1.57. The van der Waals surface area contributed by atoms with Crippen LogP contribution in [0.15, 0.2) is 45.6 Å². The van der Waals surface area contributed by atoms with E-state index in [2.05, 4.69) is 5.32 Å². The van der Waals surface area contributed by atoms with Gasteiger partial charge in [-0.3, -0.25) is 4.57 Å². The van der Waals surface area contributed by atoms with Crippen molar-refractivity contribution in [2.24, 2.45) is 0 Å². The number of hydrogen-bond acceptors (Lipinski definition) is 3. The van der Waals surface area contributed by atoms with Crippen molar-refractivity contribution in [3.8, 4) is 0 Å². The van der Waals surface area contributed by atoms with Crippen LogP contribution in [0.1, 0.15) is 31.0 Å². The molecule has 2 heterocycles. The lowest BCUT2D eigenvalue weighted by atomic mass is 9.94. The molecule has 1 aromatic heterocycles. The lowest BCUT2D eigenvalue weighted by Gasteiger charge is -2.35. The summed E-state index contributed by atoms with van der Waals surface area (Å²) in [5.41, 5.74) is 3.56. The average molecular weight is 369 g/mol. The molecule has 0 saturated heterocycles. The topological polar surface area (TPSA) is 67.5 Å². The van der Waals surface area contributed by atoms with Gasteiger partial charge in [0.2, 0.25) is 0 Å². The molecule has 2 aromatic carbocycles. The Bertz CT molecular complexity index is 1090. The van der Waals surface area contributed by atoms with Crippen LogP contribution in [-0.2, 0) is 13.0 Å². The minimum Gasteiger partial charge on any atom is -0.408 e. The number of halogens is 1. The van der Waals surface area contributed by atoms with E-state index in [0.29, 0.717) is 36.3 Å². The van der Waals surface area contributed by atoms with Crippen molar-refractivity contribution in [3.05, 3.63) is 63.9 Å². The van der Waals surface area contributed by atoms with Gasteiger partial charge < -0.3 is 14.6 Å². The summed E-state index contributed by atoms with van der Waals surface area (Å²) >= 11 is 0. The molecule has 0 radical (unpaired) electrons. The first-order valence-corrected chi connectivity index (χ1v) is 8.97. The van der Waals surface area contributed by atoms with E-state index in [-0.39, 0.29) is 17.9 Å². The van der Waals surface area contributed by atoms with Gasteiger partial charge in [-0.15, -0.1) is 0 Å². The molecule has 1 aliphatic heterocycles.